The Labute approximate surface area is 241 Å². The number of fused-ring (bicyclic) bond motifs is 3. The molecule has 0 aliphatic heterocycles. The molecule has 4 aromatic rings. The van der Waals surface area contributed by atoms with Crippen LogP contribution in [0.25, 0.3) is 10.9 Å². The molecule has 13 heteroatoms. The van der Waals surface area contributed by atoms with Gasteiger partial charge in [0.1, 0.15) is 0 Å². The van der Waals surface area contributed by atoms with Crippen molar-refractivity contribution in [2.75, 3.05) is 12.0 Å². The molecular formula is C30H24F6N4O3. The predicted molar refractivity (Wildman–Crippen MR) is 144 cm³/mol. The van der Waals surface area contributed by atoms with E-state index in [2.05, 4.69) is 10.4 Å². The van der Waals surface area contributed by atoms with E-state index in [1.165, 1.54) is 36.4 Å². The summed E-state index contributed by atoms with van der Waals surface area (Å²) in [4.78, 5) is 27.8. The number of halogens is 6. The van der Waals surface area contributed by atoms with E-state index in [1.54, 1.807) is 24.3 Å². The Balaban J connectivity index is 1.45. The molecule has 0 saturated carbocycles. The fourth-order valence-corrected chi connectivity index (χ4v) is 6.35. The smallest absolute Gasteiger partial charge is 0.434 e. The third-order valence-electron chi connectivity index (χ3n) is 8.15. The Morgan fingerprint density at radius 3 is 2.14 bits per heavy atom. The first-order valence-corrected chi connectivity index (χ1v) is 13.4. The zero-order chi connectivity index (χ0) is 30.7. The number of amides is 2. The molecule has 0 saturated heterocycles. The number of urea groups is 1. The highest BCUT2D eigenvalue weighted by Gasteiger charge is 2.42. The monoisotopic (exact) mass is 602 g/mol. The van der Waals surface area contributed by atoms with Gasteiger partial charge < -0.3 is 10.1 Å². The molecule has 2 atom stereocenters. The second-order valence-electron chi connectivity index (χ2n) is 10.4. The molecule has 0 bridgehead atoms. The molecule has 0 radical (unpaired) electrons. The number of alkyl halides is 6. The van der Waals surface area contributed by atoms with Gasteiger partial charge in [0.05, 0.1) is 47.7 Å². The summed E-state index contributed by atoms with van der Waals surface area (Å²) in [6.45, 7) is 0. The zero-order valence-electron chi connectivity index (χ0n) is 22.6. The van der Waals surface area contributed by atoms with E-state index in [0.29, 0.717) is 22.0 Å². The number of hydrogen-bond acceptors (Lipinski definition) is 4. The van der Waals surface area contributed by atoms with Crippen LogP contribution >= 0.6 is 0 Å². The lowest BCUT2D eigenvalue weighted by molar-refractivity contribution is -0.139. The van der Waals surface area contributed by atoms with E-state index < -0.39 is 47.7 Å². The van der Waals surface area contributed by atoms with Crippen LogP contribution in [0.15, 0.2) is 60.8 Å². The van der Waals surface area contributed by atoms with E-state index in [4.69, 9.17) is 4.74 Å². The summed E-state index contributed by atoms with van der Waals surface area (Å²) in [5, 5.41) is 7.29. The van der Waals surface area contributed by atoms with Crippen LogP contribution in [-0.4, -0.2) is 29.0 Å². The number of aromatic nitrogens is 2. The highest BCUT2D eigenvalue weighted by Crippen LogP contribution is 2.46. The van der Waals surface area contributed by atoms with Crippen LogP contribution in [0, 0.1) is 0 Å². The Hall–Kier alpha value is -4.55. The summed E-state index contributed by atoms with van der Waals surface area (Å²) in [5.74, 6) is 0. The maximum absolute atomic E-state index is 14.2. The Bertz CT molecular complexity index is 1750. The maximum Gasteiger partial charge on any atom is 0.434 e. The van der Waals surface area contributed by atoms with E-state index >= 15 is 0 Å². The molecule has 2 unspecified atom stereocenters. The van der Waals surface area contributed by atoms with Gasteiger partial charge >= 0.3 is 24.5 Å². The number of methoxy groups -OCH3 is 1. The Morgan fingerprint density at radius 2 is 1.49 bits per heavy atom. The van der Waals surface area contributed by atoms with Gasteiger partial charge in [0, 0.05) is 5.39 Å². The van der Waals surface area contributed by atoms with Gasteiger partial charge in [-0.3, -0.25) is 4.90 Å². The number of carbonyl (C=O) groups is 2. The van der Waals surface area contributed by atoms with Gasteiger partial charge in [0.2, 0.25) is 0 Å². The van der Waals surface area contributed by atoms with E-state index in [1.807, 2.05) is 0 Å². The third kappa shape index (κ3) is 4.86. The van der Waals surface area contributed by atoms with Crippen molar-refractivity contribution in [3.63, 3.8) is 0 Å². The minimum Gasteiger partial charge on any atom is -0.451 e. The van der Waals surface area contributed by atoms with Crippen molar-refractivity contribution < 1.29 is 40.7 Å². The minimum absolute atomic E-state index is 0.0536. The summed E-state index contributed by atoms with van der Waals surface area (Å²) < 4.78 is 88.4. The lowest BCUT2D eigenvalue weighted by Gasteiger charge is -2.32. The van der Waals surface area contributed by atoms with Crippen molar-refractivity contribution in [3.8, 4) is 0 Å². The molecule has 0 spiro atoms. The van der Waals surface area contributed by atoms with Gasteiger partial charge in [-0.15, -0.1) is 0 Å². The van der Waals surface area contributed by atoms with Crippen LogP contribution in [0.2, 0.25) is 0 Å². The molecule has 6 rings (SSSR count). The van der Waals surface area contributed by atoms with Crippen LogP contribution in [-0.2, 0) is 29.9 Å². The van der Waals surface area contributed by atoms with E-state index in [-0.39, 0.29) is 42.5 Å². The molecule has 2 aliphatic carbocycles. The van der Waals surface area contributed by atoms with E-state index in [9.17, 15) is 35.9 Å². The van der Waals surface area contributed by atoms with E-state index in [0.717, 1.165) is 16.8 Å². The van der Waals surface area contributed by atoms with Crippen LogP contribution in [0.1, 0.15) is 58.3 Å². The molecular weight excluding hydrogens is 578 g/mol. The number of anilines is 1. The molecule has 0 fully saturated rings. The number of nitrogens with zero attached hydrogens (tertiary/aromatic N) is 3. The topological polar surface area (TPSA) is 76.5 Å². The first kappa shape index (κ1) is 28.6. The molecule has 1 heterocycles. The standard InChI is InChI=1S/C30H24F6N4O3/c1-43-28(42)40-26-10-4-9-24(20(26)15-37-40)39(25-14-12-17-19(25)6-3-8-22(17)30(34,35)36)27(41)38-23-13-11-16-18(23)5-2-7-21(16)29(31,32)33/h2-10,15,23,25H,11-14H2,1H3,(H,38,41). The van der Waals surface area contributed by atoms with Gasteiger partial charge in [-0.05, 0) is 72.2 Å². The summed E-state index contributed by atoms with van der Waals surface area (Å²) in [6.07, 6.45) is -8.06. The molecule has 1 N–H and O–H groups in total. The van der Waals surface area contributed by atoms with Crippen molar-refractivity contribution in [2.45, 2.75) is 50.1 Å². The van der Waals surface area contributed by atoms with Gasteiger partial charge in [0.25, 0.3) is 0 Å². The fraction of sp³-hybridized carbons (Fsp3) is 0.300. The lowest BCUT2D eigenvalue weighted by atomic mass is 10.0. The van der Waals surface area contributed by atoms with Crippen molar-refractivity contribution in [1.82, 2.24) is 15.1 Å². The van der Waals surface area contributed by atoms with Crippen LogP contribution < -0.4 is 10.2 Å². The lowest BCUT2D eigenvalue weighted by Crippen LogP contribution is -2.43. The number of hydrogen-bond donors (Lipinski definition) is 1. The van der Waals surface area contributed by atoms with Crippen molar-refractivity contribution >= 4 is 28.7 Å². The molecule has 224 valence electrons. The Morgan fingerprint density at radius 1 is 0.884 bits per heavy atom. The van der Waals surface area contributed by atoms with Crippen molar-refractivity contribution in [3.05, 3.63) is 94.2 Å². The van der Waals surface area contributed by atoms with Gasteiger partial charge in [-0.2, -0.15) is 36.1 Å². The van der Waals surface area contributed by atoms with Crippen molar-refractivity contribution in [1.29, 1.82) is 0 Å². The number of ether oxygens (including phenoxy) is 1. The fourth-order valence-electron chi connectivity index (χ4n) is 6.35. The summed E-state index contributed by atoms with van der Waals surface area (Å²) in [7, 11) is 1.18. The summed E-state index contributed by atoms with van der Waals surface area (Å²) >= 11 is 0. The molecule has 2 amide bonds. The Kier molecular flexibility index (Phi) is 6.85. The molecule has 3 aromatic carbocycles. The van der Waals surface area contributed by atoms with Gasteiger partial charge in [-0.1, -0.05) is 30.3 Å². The van der Waals surface area contributed by atoms with Crippen molar-refractivity contribution in [2.24, 2.45) is 0 Å². The normalized spacial score (nSPS) is 17.9. The van der Waals surface area contributed by atoms with Crippen LogP contribution in [0.5, 0.6) is 0 Å². The summed E-state index contributed by atoms with van der Waals surface area (Å²) in [5.41, 5.74) is -0.143. The maximum atomic E-state index is 14.2. The average molecular weight is 603 g/mol. The van der Waals surface area contributed by atoms with Crippen LogP contribution in [0.4, 0.5) is 41.6 Å². The molecule has 1 aromatic heterocycles. The first-order chi connectivity index (χ1) is 20.4. The molecule has 7 nitrogen and oxygen atoms in total. The minimum atomic E-state index is -4.60. The predicted octanol–water partition coefficient (Wildman–Crippen LogP) is 7.58. The highest BCUT2D eigenvalue weighted by molar-refractivity contribution is 6.04. The highest BCUT2D eigenvalue weighted by atomic mass is 19.4. The summed E-state index contributed by atoms with van der Waals surface area (Å²) in [6, 6.07) is 10.1. The third-order valence-corrected chi connectivity index (χ3v) is 8.15. The average Bonchev–Trinajstić information content (AvgIpc) is 3.69. The number of benzene rings is 3. The largest absolute Gasteiger partial charge is 0.451 e. The molecule has 2 aliphatic rings. The van der Waals surface area contributed by atoms with Crippen LogP contribution in [0.3, 0.4) is 0 Å². The number of nitrogens with one attached hydrogen (secondary N) is 1. The second-order valence-corrected chi connectivity index (χ2v) is 10.4. The first-order valence-electron chi connectivity index (χ1n) is 13.4. The van der Waals surface area contributed by atoms with Gasteiger partial charge in [-0.25, -0.2) is 9.59 Å². The van der Waals surface area contributed by atoms with Gasteiger partial charge in [0.15, 0.2) is 0 Å². The number of carbonyl (C=O) groups excluding carboxylic acids is 2. The number of rotatable bonds is 3. The quantitative estimate of drug-likeness (QED) is 0.245. The zero-order valence-corrected chi connectivity index (χ0v) is 22.6. The molecule has 43 heavy (non-hydrogen) atoms. The second kappa shape index (κ2) is 10.3. The SMILES string of the molecule is COC(=O)n1ncc2c(N(C(=O)NC3CCc4c3cccc4C(F)(F)F)C3CCc4c3cccc4C(F)(F)F)cccc21.